The first-order valence-corrected chi connectivity index (χ1v) is 12.5. The van der Waals surface area contributed by atoms with Gasteiger partial charge in [-0.1, -0.05) is 18.2 Å². The Bertz CT molecular complexity index is 1330. The van der Waals surface area contributed by atoms with Gasteiger partial charge in [-0.2, -0.15) is 0 Å². The van der Waals surface area contributed by atoms with Crippen LogP contribution in [0.5, 0.6) is 0 Å². The van der Waals surface area contributed by atoms with Crippen molar-refractivity contribution in [3.63, 3.8) is 0 Å². The average molecular weight is 566 g/mol. The number of benzene rings is 2. The first-order chi connectivity index (χ1) is 19.5. The summed E-state index contributed by atoms with van der Waals surface area (Å²) in [6.07, 6.45) is -0.0386. The normalized spacial score (nSPS) is 14.6. The minimum absolute atomic E-state index is 0.0215. The van der Waals surface area contributed by atoms with Crippen molar-refractivity contribution in [1.29, 1.82) is 10.8 Å². The number of carboxylic acid groups (broad SMARTS) is 1. The summed E-state index contributed by atoms with van der Waals surface area (Å²) < 4.78 is 0. The van der Waals surface area contributed by atoms with Crippen LogP contribution in [-0.4, -0.2) is 100 Å². The van der Waals surface area contributed by atoms with Gasteiger partial charge in [0.15, 0.2) is 11.9 Å². The number of piperazine rings is 1. The van der Waals surface area contributed by atoms with Crippen LogP contribution in [0.1, 0.15) is 27.1 Å². The van der Waals surface area contributed by atoms with E-state index in [1.54, 1.807) is 30.3 Å². The van der Waals surface area contributed by atoms with E-state index in [9.17, 15) is 29.1 Å². The quantitative estimate of drug-likeness (QED) is 0.142. The van der Waals surface area contributed by atoms with Gasteiger partial charge in [-0.15, -0.1) is 0 Å². The molecule has 3 rings (SSSR count). The van der Waals surface area contributed by atoms with E-state index in [1.165, 1.54) is 29.2 Å². The summed E-state index contributed by atoms with van der Waals surface area (Å²) in [4.78, 5) is 66.4. The zero-order valence-corrected chi connectivity index (χ0v) is 22.0. The molecule has 2 aromatic carbocycles. The van der Waals surface area contributed by atoms with Crippen molar-refractivity contribution < 1.29 is 29.1 Å². The SMILES string of the molecule is N=C(N)Nc1ccc(C(=O)NCC[C@H]2C(=O)N(CC(=O)O)CCN2C(=O)CN(C(=N)N)C(=O)c2ccccc2)cc1. The van der Waals surface area contributed by atoms with Gasteiger partial charge in [-0.25, -0.2) is 0 Å². The Labute approximate surface area is 235 Å². The van der Waals surface area contributed by atoms with Crippen LogP contribution >= 0.6 is 0 Å². The maximum atomic E-state index is 13.3. The fourth-order valence-electron chi connectivity index (χ4n) is 4.25. The highest BCUT2D eigenvalue weighted by molar-refractivity contribution is 6.07. The molecule has 1 saturated heterocycles. The fraction of sp³-hybridized carbons (Fsp3) is 0.269. The second-order valence-corrected chi connectivity index (χ2v) is 9.06. The Kier molecular flexibility index (Phi) is 9.94. The van der Waals surface area contributed by atoms with Crippen molar-refractivity contribution in [3.8, 4) is 0 Å². The lowest BCUT2D eigenvalue weighted by Crippen LogP contribution is -2.62. The molecule has 1 aliphatic heterocycles. The highest BCUT2D eigenvalue weighted by atomic mass is 16.4. The standard InChI is InChI=1S/C26H31N9O6/c27-25(28)32-18-8-6-16(7-9-18)22(39)31-11-10-19-24(41)33(15-21(37)38)12-13-34(19)20(36)14-35(26(29)30)23(40)17-4-2-1-3-5-17/h1-9,19H,10-15H2,(H3,29,30)(H,31,39)(H,37,38)(H4,27,28,32)/t19-/m0/s1. The van der Waals surface area contributed by atoms with Gasteiger partial charge < -0.3 is 37.0 Å². The van der Waals surface area contributed by atoms with Crippen molar-refractivity contribution in [2.45, 2.75) is 12.5 Å². The van der Waals surface area contributed by atoms with E-state index in [2.05, 4.69) is 10.6 Å². The lowest BCUT2D eigenvalue weighted by molar-refractivity contribution is -0.155. The molecule has 15 nitrogen and oxygen atoms in total. The number of hydrogen-bond acceptors (Lipinski definition) is 7. The minimum Gasteiger partial charge on any atom is -0.480 e. The van der Waals surface area contributed by atoms with Gasteiger partial charge in [0, 0.05) is 36.4 Å². The number of nitrogens with one attached hydrogen (secondary N) is 4. The number of aliphatic carboxylic acids is 1. The molecule has 1 fully saturated rings. The van der Waals surface area contributed by atoms with E-state index in [0.717, 1.165) is 9.80 Å². The van der Waals surface area contributed by atoms with E-state index < -0.39 is 54.7 Å². The summed E-state index contributed by atoms with van der Waals surface area (Å²) in [6, 6.07) is 13.0. The number of nitrogens with two attached hydrogens (primary N) is 2. The molecular weight excluding hydrogens is 534 g/mol. The molecule has 0 bridgehead atoms. The highest BCUT2D eigenvalue weighted by Gasteiger charge is 2.38. The topological polar surface area (TPSA) is 239 Å². The van der Waals surface area contributed by atoms with Gasteiger partial charge in [0.1, 0.15) is 19.1 Å². The number of rotatable bonds is 10. The van der Waals surface area contributed by atoms with Gasteiger partial charge in [-0.05, 0) is 42.8 Å². The van der Waals surface area contributed by atoms with Crippen molar-refractivity contribution in [2.75, 3.05) is 38.0 Å². The molecule has 15 heteroatoms. The van der Waals surface area contributed by atoms with Crippen LogP contribution < -0.4 is 22.1 Å². The fourth-order valence-corrected chi connectivity index (χ4v) is 4.25. The van der Waals surface area contributed by atoms with Crippen molar-refractivity contribution >= 4 is 47.2 Å². The van der Waals surface area contributed by atoms with Gasteiger partial charge in [0.25, 0.3) is 11.8 Å². The number of carbonyl (C=O) groups excluding carboxylic acids is 4. The molecule has 0 spiro atoms. The number of guanidine groups is 2. The number of anilines is 1. The summed E-state index contributed by atoms with van der Waals surface area (Å²) in [5.41, 5.74) is 11.9. The molecule has 1 heterocycles. The van der Waals surface area contributed by atoms with Crippen LogP contribution in [0.15, 0.2) is 54.6 Å². The van der Waals surface area contributed by atoms with E-state index in [0.29, 0.717) is 11.3 Å². The molecule has 4 amide bonds. The molecule has 0 aromatic heterocycles. The molecule has 41 heavy (non-hydrogen) atoms. The highest BCUT2D eigenvalue weighted by Crippen LogP contribution is 2.17. The predicted octanol–water partition coefficient (Wildman–Crippen LogP) is -0.728. The monoisotopic (exact) mass is 565 g/mol. The molecule has 0 aliphatic carbocycles. The second kappa shape index (κ2) is 13.5. The summed E-state index contributed by atoms with van der Waals surface area (Å²) in [5, 5.41) is 29.5. The molecule has 9 N–H and O–H groups in total. The number of hydrogen-bond donors (Lipinski definition) is 7. The molecule has 2 aromatic rings. The third kappa shape index (κ3) is 8.01. The molecule has 1 atom stereocenters. The van der Waals surface area contributed by atoms with Crippen LogP contribution in [0.4, 0.5) is 5.69 Å². The van der Waals surface area contributed by atoms with Gasteiger partial charge in [-0.3, -0.25) is 39.7 Å². The molecular formula is C26H31N9O6. The Morgan fingerprint density at radius 3 is 2.22 bits per heavy atom. The third-order valence-corrected chi connectivity index (χ3v) is 6.21. The average Bonchev–Trinajstić information content (AvgIpc) is 2.93. The van der Waals surface area contributed by atoms with Crippen molar-refractivity contribution in [2.24, 2.45) is 11.5 Å². The van der Waals surface area contributed by atoms with Crippen LogP contribution in [0, 0.1) is 10.8 Å². The summed E-state index contributed by atoms with van der Waals surface area (Å²) in [7, 11) is 0. The number of carboxylic acids is 1. The lowest BCUT2D eigenvalue weighted by Gasteiger charge is -2.40. The molecule has 0 unspecified atom stereocenters. The third-order valence-electron chi connectivity index (χ3n) is 6.21. The van der Waals surface area contributed by atoms with Gasteiger partial charge in [0.05, 0.1) is 0 Å². The zero-order valence-electron chi connectivity index (χ0n) is 22.0. The first-order valence-electron chi connectivity index (χ1n) is 12.5. The summed E-state index contributed by atoms with van der Waals surface area (Å²) in [6.45, 7) is -1.28. The largest absolute Gasteiger partial charge is 0.480 e. The van der Waals surface area contributed by atoms with E-state index in [1.807, 2.05) is 0 Å². The number of amides is 4. The van der Waals surface area contributed by atoms with Crippen molar-refractivity contribution in [1.82, 2.24) is 20.0 Å². The molecule has 0 radical (unpaired) electrons. The van der Waals surface area contributed by atoms with Crippen LogP contribution in [0.25, 0.3) is 0 Å². The van der Waals surface area contributed by atoms with Crippen LogP contribution in [-0.2, 0) is 14.4 Å². The van der Waals surface area contributed by atoms with Crippen LogP contribution in [0.2, 0.25) is 0 Å². The Hall–Kier alpha value is -5.47. The predicted molar refractivity (Wildman–Crippen MR) is 148 cm³/mol. The van der Waals surface area contributed by atoms with E-state index in [4.69, 9.17) is 22.3 Å². The Morgan fingerprint density at radius 2 is 1.63 bits per heavy atom. The first kappa shape index (κ1) is 30.1. The number of nitrogens with zero attached hydrogens (tertiary/aromatic N) is 3. The van der Waals surface area contributed by atoms with E-state index in [-0.39, 0.29) is 37.6 Å². The van der Waals surface area contributed by atoms with Gasteiger partial charge >= 0.3 is 5.97 Å². The summed E-state index contributed by atoms with van der Waals surface area (Å²) >= 11 is 0. The lowest BCUT2D eigenvalue weighted by atomic mass is 10.1. The van der Waals surface area contributed by atoms with Crippen LogP contribution in [0.3, 0.4) is 0 Å². The Morgan fingerprint density at radius 1 is 0.976 bits per heavy atom. The number of carbonyl (C=O) groups is 5. The minimum atomic E-state index is -1.22. The smallest absolute Gasteiger partial charge is 0.323 e. The molecule has 1 aliphatic rings. The molecule has 0 saturated carbocycles. The zero-order chi connectivity index (χ0) is 30.1. The summed E-state index contributed by atoms with van der Waals surface area (Å²) in [5.74, 6) is -4.55. The maximum Gasteiger partial charge on any atom is 0.323 e. The van der Waals surface area contributed by atoms with Gasteiger partial charge in [0.2, 0.25) is 11.8 Å². The molecule has 216 valence electrons. The Balaban J connectivity index is 1.72. The maximum absolute atomic E-state index is 13.3. The second-order valence-electron chi connectivity index (χ2n) is 9.06. The van der Waals surface area contributed by atoms with E-state index >= 15 is 0 Å². The van der Waals surface area contributed by atoms with Crippen molar-refractivity contribution in [3.05, 3.63) is 65.7 Å².